The molecule has 0 aliphatic carbocycles. The number of para-hydroxylation sites is 1. The molecule has 1 aliphatic heterocycles. The Morgan fingerprint density at radius 1 is 1.27 bits per heavy atom. The first kappa shape index (κ1) is 22.5. The molecule has 1 unspecified atom stereocenters. The largest absolute Gasteiger partial charge is 0.369 e. The summed E-state index contributed by atoms with van der Waals surface area (Å²) in [6.07, 6.45) is 1.06. The molecule has 7 heteroatoms. The first-order chi connectivity index (χ1) is 12.0. The van der Waals surface area contributed by atoms with E-state index in [0.29, 0.717) is 19.1 Å². The molecule has 3 N–H and O–H groups in total. The predicted octanol–water partition coefficient (Wildman–Crippen LogP) is 2.21. The molecule has 0 aromatic heterocycles. The van der Waals surface area contributed by atoms with Crippen molar-refractivity contribution in [2.75, 3.05) is 38.1 Å². The number of nitrogens with one attached hydrogen (secondary N) is 3. The lowest BCUT2D eigenvalue weighted by Crippen LogP contribution is -2.50. The molecule has 1 atom stereocenters. The van der Waals surface area contributed by atoms with Crippen molar-refractivity contribution >= 4 is 41.5 Å². The molecular weight excluding hydrogens is 441 g/mol. The fraction of sp³-hybridized carbons (Fsp3) is 0.579. The molecule has 1 saturated heterocycles. The molecular formula is C19H32IN5O. The zero-order chi connectivity index (χ0) is 18.3. The fourth-order valence-electron chi connectivity index (χ4n) is 2.92. The highest BCUT2D eigenvalue weighted by Crippen LogP contribution is 2.19. The van der Waals surface area contributed by atoms with Crippen molar-refractivity contribution in [3.63, 3.8) is 0 Å². The van der Waals surface area contributed by atoms with Gasteiger partial charge in [0.05, 0.1) is 5.41 Å². The topological polar surface area (TPSA) is 68.8 Å². The number of rotatable bonds is 6. The number of carbonyl (C=O) groups excluding carboxylic acids is 1. The van der Waals surface area contributed by atoms with Crippen LogP contribution in [0.2, 0.25) is 0 Å². The molecule has 0 spiro atoms. The van der Waals surface area contributed by atoms with E-state index in [-0.39, 0.29) is 29.9 Å². The van der Waals surface area contributed by atoms with Crippen LogP contribution in [0.25, 0.3) is 0 Å². The van der Waals surface area contributed by atoms with E-state index in [1.165, 1.54) is 5.69 Å². The highest BCUT2D eigenvalue weighted by Gasteiger charge is 2.28. The van der Waals surface area contributed by atoms with Gasteiger partial charge < -0.3 is 20.9 Å². The molecule has 1 aromatic rings. The summed E-state index contributed by atoms with van der Waals surface area (Å²) in [7, 11) is 1.76. The molecule has 26 heavy (non-hydrogen) atoms. The van der Waals surface area contributed by atoms with Crippen LogP contribution in [0.4, 0.5) is 5.69 Å². The summed E-state index contributed by atoms with van der Waals surface area (Å²) in [6, 6.07) is 10.8. The summed E-state index contributed by atoms with van der Waals surface area (Å²) >= 11 is 0. The average Bonchev–Trinajstić information content (AvgIpc) is 3.08. The number of nitrogens with zero attached hydrogens (tertiary/aromatic N) is 2. The highest BCUT2D eigenvalue weighted by molar-refractivity contribution is 14.0. The van der Waals surface area contributed by atoms with Crippen molar-refractivity contribution in [3.8, 4) is 0 Å². The van der Waals surface area contributed by atoms with Gasteiger partial charge in [-0.15, -0.1) is 24.0 Å². The molecule has 146 valence electrons. The number of hydrogen-bond acceptors (Lipinski definition) is 3. The Labute approximate surface area is 174 Å². The quantitative estimate of drug-likeness (QED) is 0.337. The zero-order valence-electron chi connectivity index (χ0n) is 16.2. The molecule has 2 rings (SSSR count). The molecule has 1 heterocycles. The summed E-state index contributed by atoms with van der Waals surface area (Å²) in [5.74, 6) is 0.798. The number of carbonyl (C=O) groups is 1. The fourth-order valence-corrected chi connectivity index (χ4v) is 2.92. The first-order valence-electron chi connectivity index (χ1n) is 9.01. The molecule has 0 radical (unpaired) electrons. The second-order valence-electron chi connectivity index (χ2n) is 7.08. The molecule has 0 bridgehead atoms. The van der Waals surface area contributed by atoms with E-state index in [2.05, 4.69) is 50.1 Å². The van der Waals surface area contributed by atoms with E-state index in [9.17, 15) is 4.79 Å². The monoisotopic (exact) mass is 473 g/mol. The maximum atomic E-state index is 12.1. The van der Waals surface area contributed by atoms with E-state index in [0.717, 1.165) is 25.5 Å². The van der Waals surface area contributed by atoms with Gasteiger partial charge >= 0.3 is 0 Å². The van der Waals surface area contributed by atoms with E-state index in [1.54, 1.807) is 7.05 Å². The van der Waals surface area contributed by atoms with Crippen LogP contribution in [0.5, 0.6) is 0 Å². The minimum Gasteiger partial charge on any atom is -0.369 e. The molecule has 6 nitrogen and oxygen atoms in total. The van der Waals surface area contributed by atoms with Gasteiger partial charge in [-0.2, -0.15) is 0 Å². The summed E-state index contributed by atoms with van der Waals surface area (Å²) in [4.78, 5) is 18.8. The third kappa shape index (κ3) is 6.34. The molecule has 1 aliphatic rings. The van der Waals surface area contributed by atoms with Gasteiger partial charge in [0.1, 0.15) is 0 Å². The van der Waals surface area contributed by atoms with Gasteiger partial charge in [-0.05, 0) is 39.3 Å². The number of guanidine groups is 1. The van der Waals surface area contributed by atoms with Crippen LogP contribution in [0.1, 0.15) is 27.2 Å². The Balaban J connectivity index is 0.00000338. The molecule has 1 fully saturated rings. The first-order valence-corrected chi connectivity index (χ1v) is 9.01. The standard InChI is InChI=1S/C19H31N5O.HI/c1-5-21-17(25)19(2,3)14-22-18(20-4)23-15-11-12-24(13-15)16-9-7-6-8-10-16;/h6-10,15H,5,11-14H2,1-4H3,(H,21,25)(H2,20,22,23);1H. The maximum Gasteiger partial charge on any atom is 0.227 e. The van der Waals surface area contributed by atoms with Crippen molar-refractivity contribution < 1.29 is 4.79 Å². The average molecular weight is 473 g/mol. The second-order valence-corrected chi connectivity index (χ2v) is 7.08. The normalized spacial score (nSPS) is 17.5. The third-order valence-corrected chi connectivity index (χ3v) is 4.52. The number of aliphatic imine (C=N–C) groups is 1. The lowest BCUT2D eigenvalue weighted by Gasteiger charge is -2.26. The van der Waals surface area contributed by atoms with E-state index >= 15 is 0 Å². The summed E-state index contributed by atoms with van der Waals surface area (Å²) in [6.45, 7) is 8.96. The van der Waals surface area contributed by atoms with Crippen molar-refractivity contribution in [2.45, 2.75) is 33.2 Å². The number of hydrogen-bond donors (Lipinski definition) is 3. The SMILES string of the molecule is CCNC(=O)C(C)(C)CNC(=NC)NC1CCN(c2ccccc2)C1.I. The Morgan fingerprint density at radius 2 is 1.96 bits per heavy atom. The van der Waals surface area contributed by atoms with Gasteiger partial charge in [0.25, 0.3) is 0 Å². The minimum atomic E-state index is -0.487. The van der Waals surface area contributed by atoms with Gasteiger partial charge in [0, 0.05) is 45.0 Å². The Morgan fingerprint density at radius 3 is 2.58 bits per heavy atom. The van der Waals surface area contributed by atoms with Crippen LogP contribution in [0.15, 0.2) is 35.3 Å². The molecule has 0 saturated carbocycles. The van der Waals surface area contributed by atoms with E-state index < -0.39 is 5.41 Å². The molecule has 1 amide bonds. The van der Waals surface area contributed by atoms with Crippen LogP contribution in [0, 0.1) is 5.41 Å². The van der Waals surface area contributed by atoms with Crippen molar-refractivity contribution in [3.05, 3.63) is 30.3 Å². The Hall–Kier alpha value is -1.51. The third-order valence-electron chi connectivity index (χ3n) is 4.52. The number of anilines is 1. The van der Waals surface area contributed by atoms with E-state index in [4.69, 9.17) is 0 Å². The number of amides is 1. The van der Waals surface area contributed by atoms with Crippen LogP contribution in [-0.2, 0) is 4.79 Å². The lowest BCUT2D eigenvalue weighted by molar-refractivity contribution is -0.128. The number of benzene rings is 1. The minimum absolute atomic E-state index is 0. The van der Waals surface area contributed by atoms with Crippen LogP contribution >= 0.6 is 24.0 Å². The summed E-state index contributed by atoms with van der Waals surface area (Å²) in [5, 5.41) is 9.64. The Bertz CT molecular complexity index is 591. The Kier molecular flexibility index (Phi) is 9.18. The van der Waals surface area contributed by atoms with Crippen LogP contribution in [0.3, 0.4) is 0 Å². The zero-order valence-corrected chi connectivity index (χ0v) is 18.5. The summed E-state index contributed by atoms with van der Waals surface area (Å²) in [5.41, 5.74) is 0.770. The van der Waals surface area contributed by atoms with Crippen LogP contribution in [-0.4, -0.2) is 51.1 Å². The smallest absolute Gasteiger partial charge is 0.227 e. The highest BCUT2D eigenvalue weighted by atomic mass is 127. The number of halogens is 1. The maximum absolute atomic E-state index is 12.1. The molecule has 1 aromatic carbocycles. The van der Waals surface area contributed by atoms with Gasteiger partial charge in [0.15, 0.2) is 5.96 Å². The predicted molar refractivity (Wildman–Crippen MR) is 119 cm³/mol. The second kappa shape index (κ2) is 10.6. The van der Waals surface area contributed by atoms with E-state index in [1.807, 2.05) is 26.8 Å². The van der Waals surface area contributed by atoms with Crippen molar-refractivity contribution in [1.82, 2.24) is 16.0 Å². The van der Waals surface area contributed by atoms with Gasteiger partial charge in [-0.3, -0.25) is 9.79 Å². The van der Waals surface area contributed by atoms with Gasteiger partial charge in [0.2, 0.25) is 5.91 Å². The van der Waals surface area contributed by atoms with Crippen molar-refractivity contribution in [1.29, 1.82) is 0 Å². The van der Waals surface area contributed by atoms with Gasteiger partial charge in [-0.1, -0.05) is 18.2 Å². The van der Waals surface area contributed by atoms with Gasteiger partial charge in [-0.25, -0.2) is 0 Å². The van der Waals surface area contributed by atoms with Crippen LogP contribution < -0.4 is 20.9 Å². The van der Waals surface area contributed by atoms with Crippen molar-refractivity contribution in [2.24, 2.45) is 10.4 Å². The lowest BCUT2D eigenvalue weighted by atomic mass is 9.92. The summed E-state index contributed by atoms with van der Waals surface area (Å²) < 4.78 is 0.